The lowest BCUT2D eigenvalue weighted by atomic mass is 9.74. The van der Waals surface area contributed by atoms with Gasteiger partial charge in [-0.15, -0.1) is 0 Å². The first-order valence-electron chi connectivity index (χ1n) is 11.2. The molecule has 0 unspecified atom stereocenters. The zero-order valence-corrected chi connectivity index (χ0v) is 17.5. The normalized spacial score (nSPS) is 30.8. The van der Waals surface area contributed by atoms with Crippen LogP contribution < -0.4 is 4.74 Å². The molecule has 1 saturated heterocycles. The summed E-state index contributed by atoms with van der Waals surface area (Å²) in [4.78, 5) is 18.1. The smallest absolute Gasteiger partial charge is 0.337 e. The first kappa shape index (κ1) is 17.4. The third kappa shape index (κ3) is 3.29. The number of benzene rings is 1. The average molecular weight is 401 g/mol. The fourth-order valence-electron chi connectivity index (χ4n) is 4.76. The molecule has 0 amide bonds. The van der Waals surface area contributed by atoms with Crippen molar-refractivity contribution in [2.75, 3.05) is 34.4 Å². The summed E-state index contributed by atoms with van der Waals surface area (Å²) in [7, 11) is 4.46. The maximum atomic E-state index is 12.6. The fourth-order valence-corrected chi connectivity index (χ4v) is 4.76. The van der Waals surface area contributed by atoms with Crippen LogP contribution in [0.4, 0.5) is 0 Å². The van der Waals surface area contributed by atoms with Gasteiger partial charge in [-0.25, -0.2) is 4.79 Å². The minimum Gasteiger partial charge on any atom is -0.504 e. The van der Waals surface area contributed by atoms with Gasteiger partial charge in [-0.3, -0.25) is 4.90 Å². The van der Waals surface area contributed by atoms with Crippen LogP contribution in [0, 0.1) is 11.8 Å². The first-order valence-corrected chi connectivity index (χ1v) is 10.1. The summed E-state index contributed by atoms with van der Waals surface area (Å²) in [6.45, 7) is 3.37. The minimum atomic E-state index is -1.32. The highest BCUT2D eigenvalue weighted by Crippen LogP contribution is 2.47. The van der Waals surface area contributed by atoms with Gasteiger partial charge < -0.3 is 19.2 Å². The number of aromatic nitrogens is 1. The molecule has 29 heavy (non-hydrogen) atoms. The second kappa shape index (κ2) is 8.11. The number of nitrogens with one attached hydrogen (secondary N) is 1. The maximum absolute atomic E-state index is 12.6. The highest BCUT2D eigenvalue weighted by Gasteiger charge is 2.42. The Hall–Kier alpha value is -2.47. The third-order valence-electron chi connectivity index (χ3n) is 6.19. The second-order valence-corrected chi connectivity index (χ2v) is 7.60. The first-order chi connectivity index (χ1) is 14.9. The molecule has 1 N–H and O–H groups in total. The minimum absolute atomic E-state index is 0.0435. The van der Waals surface area contributed by atoms with E-state index in [0.717, 1.165) is 40.8 Å². The van der Waals surface area contributed by atoms with E-state index in [4.69, 9.17) is 14.2 Å². The van der Waals surface area contributed by atoms with E-state index in [1.54, 1.807) is 7.11 Å². The summed E-state index contributed by atoms with van der Waals surface area (Å²) >= 11 is 0. The van der Waals surface area contributed by atoms with Gasteiger partial charge in [0.05, 0.1) is 40.6 Å². The zero-order chi connectivity index (χ0) is 22.3. The van der Waals surface area contributed by atoms with Gasteiger partial charge in [-0.2, -0.15) is 0 Å². The molecule has 0 aliphatic carbocycles. The Labute approximate surface area is 174 Å². The number of nitrogens with zero attached hydrogens (tertiary/aromatic N) is 1. The molecule has 1 fully saturated rings. The van der Waals surface area contributed by atoms with Crippen LogP contribution in [0.3, 0.4) is 0 Å². The predicted molar refractivity (Wildman–Crippen MR) is 112 cm³/mol. The van der Waals surface area contributed by atoms with E-state index < -0.39 is 24.3 Å². The summed E-state index contributed by atoms with van der Waals surface area (Å²) < 4.78 is 34.7. The van der Waals surface area contributed by atoms with E-state index in [0.29, 0.717) is 18.7 Å². The van der Waals surface area contributed by atoms with Crippen molar-refractivity contribution in [1.29, 1.82) is 0 Å². The highest BCUT2D eigenvalue weighted by molar-refractivity contribution is 5.91. The van der Waals surface area contributed by atoms with Crippen molar-refractivity contribution in [3.05, 3.63) is 41.3 Å². The number of rotatable bonds is 5. The lowest BCUT2D eigenvalue weighted by Gasteiger charge is -2.46. The number of carbonyl (C=O) groups excluding carboxylic acids is 1. The molecule has 4 rings (SSSR count). The van der Waals surface area contributed by atoms with Gasteiger partial charge in [0.2, 0.25) is 0 Å². The van der Waals surface area contributed by atoms with E-state index in [-0.39, 0.29) is 5.92 Å². The van der Waals surface area contributed by atoms with E-state index in [1.807, 2.05) is 18.2 Å². The Morgan fingerprint density at radius 2 is 2.24 bits per heavy atom. The van der Waals surface area contributed by atoms with Crippen LogP contribution in [-0.4, -0.2) is 50.3 Å². The molecular weight excluding hydrogens is 368 g/mol. The van der Waals surface area contributed by atoms with Gasteiger partial charge in [0.25, 0.3) is 0 Å². The van der Waals surface area contributed by atoms with Crippen molar-refractivity contribution in [2.24, 2.45) is 11.8 Å². The van der Waals surface area contributed by atoms with Crippen molar-refractivity contribution >= 4 is 16.9 Å². The molecule has 3 heterocycles. The lowest BCUT2D eigenvalue weighted by molar-refractivity contribution is -0.137. The van der Waals surface area contributed by atoms with Gasteiger partial charge in [0, 0.05) is 31.1 Å². The van der Waals surface area contributed by atoms with Gasteiger partial charge in [-0.1, -0.05) is 19.4 Å². The second-order valence-electron chi connectivity index (χ2n) is 7.60. The SMILES string of the molecule is [2H][C@@H]1[C@H](/C(=C\OC)C(=O)OC)[C@H](CC)CN2CCc3c([nH]c4cccc(OC)c34)[C@@]12[2H]. The maximum Gasteiger partial charge on any atom is 0.337 e. The standard InChI is InChI=1S/C23H30N2O4/c1-5-14-12-25-10-9-15-21-18(7-6-8-20(21)28-3)24-22(15)19(25)11-16(14)17(13-27-2)23(26)29-4/h6-8,13-14,16,19,24H,5,9-12H2,1-4H3/b17-13+/t14-,16+,19-/m1/s1/i11D,19D/t11-,14-,16+,19-. The number of piperidine rings is 1. The summed E-state index contributed by atoms with van der Waals surface area (Å²) in [6.07, 6.45) is 2.04. The molecule has 0 bridgehead atoms. The highest BCUT2D eigenvalue weighted by atomic mass is 16.5. The number of hydrogen-bond donors (Lipinski definition) is 1. The molecule has 156 valence electrons. The van der Waals surface area contributed by atoms with Crippen molar-refractivity contribution in [3.8, 4) is 5.75 Å². The molecule has 6 nitrogen and oxygen atoms in total. The Balaban J connectivity index is 1.88. The Morgan fingerprint density at radius 3 is 2.93 bits per heavy atom. The van der Waals surface area contributed by atoms with Crippen LogP contribution >= 0.6 is 0 Å². The molecule has 0 radical (unpaired) electrons. The molecule has 1 aromatic carbocycles. The van der Waals surface area contributed by atoms with E-state index in [1.165, 1.54) is 20.5 Å². The molecule has 4 atom stereocenters. The number of hydrogen-bond acceptors (Lipinski definition) is 5. The summed E-state index contributed by atoms with van der Waals surface area (Å²) in [5.74, 6) is -0.178. The molecule has 2 aliphatic rings. The van der Waals surface area contributed by atoms with Gasteiger partial charge >= 0.3 is 5.97 Å². The van der Waals surface area contributed by atoms with Crippen LogP contribution in [0.25, 0.3) is 10.9 Å². The van der Waals surface area contributed by atoms with Crippen molar-refractivity contribution in [2.45, 2.75) is 32.2 Å². The van der Waals surface area contributed by atoms with Gasteiger partial charge in [-0.05, 0) is 42.3 Å². The third-order valence-corrected chi connectivity index (χ3v) is 6.19. The van der Waals surface area contributed by atoms with Crippen molar-refractivity contribution in [1.82, 2.24) is 9.88 Å². The van der Waals surface area contributed by atoms with Crippen LogP contribution in [-0.2, 0) is 20.7 Å². The predicted octanol–water partition coefficient (Wildman–Crippen LogP) is 3.83. The van der Waals surface area contributed by atoms with Crippen LogP contribution in [0.5, 0.6) is 5.75 Å². The average Bonchev–Trinajstić information content (AvgIpc) is 3.18. The van der Waals surface area contributed by atoms with Crippen molar-refractivity contribution in [3.63, 3.8) is 0 Å². The topological polar surface area (TPSA) is 63.8 Å². The molecule has 2 aromatic rings. The molecule has 2 aliphatic heterocycles. The summed E-state index contributed by atoms with van der Waals surface area (Å²) in [6, 6.07) is 4.49. The number of carbonyl (C=O) groups is 1. The fraction of sp³-hybridized carbons (Fsp3) is 0.522. The zero-order valence-electron chi connectivity index (χ0n) is 19.5. The van der Waals surface area contributed by atoms with E-state index in [9.17, 15) is 7.54 Å². The number of fused-ring (bicyclic) bond motifs is 5. The van der Waals surface area contributed by atoms with Crippen molar-refractivity contribution < 1.29 is 21.7 Å². The van der Waals surface area contributed by atoms with Crippen LogP contribution in [0.15, 0.2) is 30.0 Å². The quantitative estimate of drug-likeness (QED) is 0.470. The molecular formula is C23H30N2O4. The lowest BCUT2D eigenvalue weighted by Crippen LogP contribution is -2.47. The Morgan fingerprint density at radius 1 is 1.41 bits per heavy atom. The summed E-state index contributed by atoms with van der Waals surface area (Å²) in [5, 5.41) is 0.980. The van der Waals surface area contributed by atoms with E-state index >= 15 is 0 Å². The van der Waals surface area contributed by atoms with Gasteiger partial charge in [0.1, 0.15) is 5.75 Å². The summed E-state index contributed by atoms with van der Waals surface area (Å²) in [5.41, 5.74) is 2.98. The number of esters is 1. The van der Waals surface area contributed by atoms with E-state index in [2.05, 4.69) is 16.8 Å². The Kier molecular flexibility index (Phi) is 4.86. The Bertz CT molecular complexity index is 1020. The van der Waals surface area contributed by atoms with Crippen LogP contribution in [0.2, 0.25) is 0 Å². The molecule has 6 heteroatoms. The number of H-pyrrole nitrogens is 1. The molecule has 1 aromatic heterocycles. The number of ether oxygens (including phenoxy) is 3. The molecule has 0 saturated carbocycles. The van der Waals surface area contributed by atoms with Crippen LogP contribution in [0.1, 0.15) is 39.8 Å². The molecule has 0 spiro atoms. The number of aromatic amines is 1. The largest absolute Gasteiger partial charge is 0.504 e. The number of methoxy groups -OCH3 is 3. The van der Waals surface area contributed by atoms with Gasteiger partial charge in [0.15, 0.2) is 0 Å². The monoisotopic (exact) mass is 400 g/mol.